The normalized spacial score (nSPS) is 11.4. The maximum Gasteiger partial charge on any atom is 0.206 e. The molecular weight excluding hydrogens is 309 g/mol. The molecule has 0 amide bonds. The summed E-state index contributed by atoms with van der Waals surface area (Å²) in [5, 5.41) is 9.56. The van der Waals surface area contributed by atoms with Crippen LogP contribution in [0.1, 0.15) is 0 Å². The highest BCUT2D eigenvalue weighted by Crippen LogP contribution is 2.31. The number of phenolic OH excluding ortho intramolecular Hbond substituents is 1. The zero-order valence-corrected chi connectivity index (χ0v) is 11.4. The van der Waals surface area contributed by atoms with E-state index >= 15 is 0 Å². The Kier molecular flexibility index (Phi) is 3.82. The highest BCUT2D eigenvalue weighted by Gasteiger charge is 2.23. The van der Waals surface area contributed by atoms with E-state index < -0.39 is 42.8 Å². The van der Waals surface area contributed by atoms with Crippen molar-refractivity contribution in [2.75, 3.05) is 7.11 Å². The Morgan fingerprint density at radius 2 is 1.57 bits per heavy atom. The zero-order valence-electron chi connectivity index (χ0n) is 10.6. The van der Waals surface area contributed by atoms with Crippen LogP contribution in [0.15, 0.2) is 40.1 Å². The predicted octanol–water partition coefficient (Wildman–Crippen LogP) is 2.65. The van der Waals surface area contributed by atoms with Crippen LogP contribution in [0.5, 0.6) is 11.5 Å². The Balaban J connectivity index is 2.59. The first-order valence-corrected chi connectivity index (χ1v) is 7.02. The van der Waals surface area contributed by atoms with Gasteiger partial charge in [0.15, 0.2) is 29.0 Å². The first-order valence-electron chi connectivity index (χ1n) is 5.54. The van der Waals surface area contributed by atoms with E-state index in [1.807, 2.05) is 0 Å². The third-order valence-electron chi connectivity index (χ3n) is 2.73. The Morgan fingerprint density at radius 3 is 2.05 bits per heavy atom. The molecule has 0 unspecified atom stereocenters. The van der Waals surface area contributed by atoms with Crippen molar-refractivity contribution >= 4 is 9.84 Å². The van der Waals surface area contributed by atoms with Crippen LogP contribution in [0.25, 0.3) is 0 Å². The van der Waals surface area contributed by atoms with Crippen molar-refractivity contribution in [1.82, 2.24) is 0 Å². The van der Waals surface area contributed by atoms with Crippen molar-refractivity contribution in [1.29, 1.82) is 0 Å². The summed E-state index contributed by atoms with van der Waals surface area (Å²) in [7, 11) is -3.04. The van der Waals surface area contributed by atoms with Gasteiger partial charge in [0.1, 0.15) is 0 Å². The van der Waals surface area contributed by atoms with E-state index in [4.69, 9.17) is 4.74 Å². The number of phenols is 1. The number of hydrogen-bond donors (Lipinski definition) is 1. The minimum atomic E-state index is -4.31. The second kappa shape index (κ2) is 5.28. The van der Waals surface area contributed by atoms with Crippen LogP contribution < -0.4 is 4.74 Å². The van der Waals surface area contributed by atoms with Crippen molar-refractivity contribution in [3.05, 3.63) is 47.8 Å². The molecule has 0 saturated carbocycles. The zero-order chi connectivity index (χ0) is 15.8. The van der Waals surface area contributed by atoms with Crippen LogP contribution in [0.4, 0.5) is 13.2 Å². The molecule has 4 nitrogen and oxygen atoms in total. The van der Waals surface area contributed by atoms with Gasteiger partial charge in [-0.15, -0.1) is 0 Å². The Morgan fingerprint density at radius 1 is 1.00 bits per heavy atom. The summed E-state index contributed by atoms with van der Waals surface area (Å²) in [5.74, 6) is -5.42. The minimum Gasteiger partial charge on any atom is -0.504 e. The SMILES string of the molecule is COc1ccc(S(=O)(=O)c2cc(F)c(F)c(F)c2)cc1O. The molecule has 0 aliphatic carbocycles. The summed E-state index contributed by atoms with van der Waals surface area (Å²) in [6.07, 6.45) is 0. The summed E-state index contributed by atoms with van der Waals surface area (Å²) in [4.78, 5) is -1.17. The predicted molar refractivity (Wildman–Crippen MR) is 66.4 cm³/mol. The van der Waals surface area contributed by atoms with Gasteiger partial charge in [-0.3, -0.25) is 0 Å². The highest BCUT2D eigenvalue weighted by molar-refractivity contribution is 7.91. The fourth-order valence-electron chi connectivity index (χ4n) is 1.66. The molecule has 2 rings (SSSR count). The van der Waals surface area contributed by atoms with Gasteiger partial charge in [0.2, 0.25) is 9.84 Å². The van der Waals surface area contributed by atoms with E-state index in [-0.39, 0.29) is 5.75 Å². The van der Waals surface area contributed by atoms with E-state index in [2.05, 4.69) is 0 Å². The number of halogens is 3. The summed E-state index contributed by atoms with van der Waals surface area (Å²) < 4.78 is 68.3. The molecule has 0 heterocycles. The molecule has 8 heteroatoms. The molecule has 0 aliphatic heterocycles. The fourth-order valence-corrected chi connectivity index (χ4v) is 2.96. The van der Waals surface area contributed by atoms with E-state index in [0.717, 1.165) is 12.1 Å². The second-order valence-corrected chi connectivity index (χ2v) is 5.99. The molecule has 0 radical (unpaired) electrons. The maximum atomic E-state index is 13.1. The molecule has 0 aliphatic rings. The van der Waals surface area contributed by atoms with Gasteiger partial charge in [0, 0.05) is 6.07 Å². The fraction of sp³-hybridized carbons (Fsp3) is 0.0769. The summed E-state index contributed by atoms with van der Waals surface area (Å²) in [6, 6.07) is 3.88. The Bertz CT molecular complexity index is 780. The number of sulfone groups is 1. The smallest absolute Gasteiger partial charge is 0.206 e. The van der Waals surface area contributed by atoms with Crippen LogP contribution in [-0.4, -0.2) is 20.6 Å². The van der Waals surface area contributed by atoms with Crippen LogP contribution in [0.3, 0.4) is 0 Å². The number of ether oxygens (including phenoxy) is 1. The van der Waals surface area contributed by atoms with Gasteiger partial charge in [-0.25, -0.2) is 21.6 Å². The monoisotopic (exact) mass is 318 g/mol. The molecule has 1 N–H and O–H groups in total. The minimum absolute atomic E-state index is 0.0328. The van der Waals surface area contributed by atoms with Crippen LogP contribution >= 0.6 is 0 Å². The van der Waals surface area contributed by atoms with Crippen LogP contribution in [0.2, 0.25) is 0 Å². The van der Waals surface area contributed by atoms with E-state index in [1.54, 1.807) is 0 Å². The molecule has 0 saturated heterocycles. The topological polar surface area (TPSA) is 63.6 Å². The molecule has 2 aromatic rings. The van der Waals surface area contributed by atoms with Crippen molar-refractivity contribution in [2.45, 2.75) is 9.79 Å². The van der Waals surface area contributed by atoms with Gasteiger partial charge in [-0.05, 0) is 24.3 Å². The van der Waals surface area contributed by atoms with Crippen molar-refractivity contribution in [2.24, 2.45) is 0 Å². The molecule has 21 heavy (non-hydrogen) atoms. The standard InChI is InChI=1S/C13H9F3O4S/c1-20-12-3-2-7(6-11(12)17)21(18,19)8-4-9(14)13(16)10(15)5-8/h2-6,17H,1H3. The lowest BCUT2D eigenvalue weighted by molar-refractivity contribution is 0.372. The third-order valence-corrected chi connectivity index (χ3v) is 4.46. The van der Waals surface area contributed by atoms with Gasteiger partial charge in [-0.2, -0.15) is 0 Å². The molecule has 0 spiro atoms. The number of hydrogen-bond acceptors (Lipinski definition) is 4. The van der Waals surface area contributed by atoms with Gasteiger partial charge in [0.05, 0.1) is 16.9 Å². The van der Waals surface area contributed by atoms with Gasteiger partial charge in [-0.1, -0.05) is 0 Å². The molecule has 0 aromatic heterocycles. The molecular formula is C13H9F3O4S. The molecule has 0 fully saturated rings. The van der Waals surface area contributed by atoms with Gasteiger partial charge < -0.3 is 9.84 Å². The Labute approximate surface area is 118 Å². The van der Waals surface area contributed by atoms with Crippen LogP contribution in [0, 0.1) is 17.5 Å². The number of aromatic hydroxyl groups is 1. The largest absolute Gasteiger partial charge is 0.504 e. The first kappa shape index (κ1) is 15.2. The van der Waals surface area contributed by atoms with Gasteiger partial charge in [0.25, 0.3) is 0 Å². The van der Waals surface area contributed by atoms with Gasteiger partial charge >= 0.3 is 0 Å². The lowest BCUT2D eigenvalue weighted by atomic mass is 10.3. The summed E-state index contributed by atoms with van der Waals surface area (Å²) in [6.45, 7) is 0. The first-order chi connectivity index (χ1) is 9.77. The Hall–Kier alpha value is -2.22. The molecule has 0 atom stereocenters. The summed E-state index contributed by atoms with van der Waals surface area (Å²) in [5.41, 5.74) is 0. The van der Waals surface area contributed by atoms with Crippen molar-refractivity contribution < 1.29 is 31.4 Å². The van der Waals surface area contributed by atoms with Crippen LogP contribution in [-0.2, 0) is 9.84 Å². The van der Waals surface area contributed by atoms with E-state index in [1.165, 1.54) is 13.2 Å². The molecule has 2 aromatic carbocycles. The highest BCUT2D eigenvalue weighted by atomic mass is 32.2. The third kappa shape index (κ3) is 2.66. The van der Waals surface area contributed by atoms with Crippen molar-refractivity contribution in [3.8, 4) is 11.5 Å². The lowest BCUT2D eigenvalue weighted by Crippen LogP contribution is -2.05. The van der Waals surface area contributed by atoms with Crippen molar-refractivity contribution in [3.63, 3.8) is 0 Å². The number of rotatable bonds is 3. The maximum absolute atomic E-state index is 13.1. The number of benzene rings is 2. The molecule has 0 bridgehead atoms. The lowest BCUT2D eigenvalue weighted by Gasteiger charge is -2.08. The van der Waals surface area contributed by atoms with E-state index in [9.17, 15) is 26.7 Å². The second-order valence-electron chi connectivity index (χ2n) is 4.04. The molecule has 112 valence electrons. The van der Waals surface area contributed by atoms with E-state index in [0.29, 0.717) is 12.1 Å². The number of methoxy groups -OCH3 is 1. The average molecular weight is 318 g/mol. The quantitative estimate of drug-likeness (QED) is 0.698. The average Bonchev–Trinajstić information content (AvgIpc) is 2.44. The summed E-state index contributed by atoms with van der Waals surface area (Å²) >= 11 is 0.